The van der Waals surface area contributed by atoms with Gasteiger partial charge in [-0.25, -0.2) is 0 Å². The summed E-state index contributed by atoms with van der Waals surface area (Å²) in [6, 6.07) is 0.739. The van der Waals surface area contributed by atoms with E-state index >= 15 is 0 Å². The molecular weight excluding hydrogens is 160 g/mol. The van der Waals surface area contributed by atoms with E-state index in [1.165, 1.54) is 45.4 Å². The number of rotatable bonds is 5. The fourth-order valence-electron chi connectivity index (χ4n) is 1.84. The van der Waals surface area contributed by atoms with E-state index in [2.05, 4.69) is 30.7 Å². The van der Waals surface area contributed by atoms with Gasteiger partial charge in [0.2, 0.25) is 0 Å². The van der Waals surface area contributed by atoms with Crippen LogP contribution in [0.25, 0.3) is 0 Å². The third-order valence-electron chi connectivity index (χ3n) is 3.31. The monoisotopic (exact) mass is 184 g/mol. The highest BCUT2D eigenvalue weighted by atomic mass is 15.2. The first-order chi connectivity index (χ1) is 6.24. The summed E-state index contributed by atoms with van der Waals surface area (Å²) in [7, 11) is 2.24. The number of hydrogen-bond donors (Lipinski definition) is 0. The molecule has 0 bridgehead atoms. The minimum absolute atomic E-state index is 0.739. The molecule has 1 fully saturated rings. The maximum Gasteiger partial charge on any atom is 0.0109 e. The number of hydrogen-bond acceptors (Lipinski definition) is 2. The van der Waals surface area contributed by atoms with Crippen molar-refractivity contribution in [3.63, 3.8) is 0 Å². The molecule has 13 heavy (non-hydrogen) atoms. The molecule has 1 rings (SSSR count). The van der Waals surface area contributed by atoms with Gasteiger partial charge in [0.1, 0.15) is 0 Å². The van der Waals surface area contributed by atoms with Crippen molar-refractivity contribution in [1.29, 1.82) is 0 Å². The van der Waals surface area contributed by atoms with Crippen LogP contribution in [0, 0.1) is 0 Å². The number of likely N-dealkylation sites (N-methyl/N-ethyl adjacent to an activating group) is 1. The molecular formula is C11H24N2. The lowest BCUT2D eigenvalue weighted by Crippen LogP contribution is -2.36. The normalized spacial score (nSPS) is 21.2. The minimum atomic E-state index is 0.739. The lowest BCUT2D eigenvalue weighted by atomic mass is 10.2. The van der Waals surface area contributed by atoms with Gasteiger partial charge in [-0.1, -0.05) is 6.92 Å². The summed E-state index contributed by atoms with van der Waals surface area (Å²) < 4.78 is 0. The molecule has 0 N–H and O–H groups in total. The summed E-state index contributed by atoms with van der Waals surface area (Å²) in [4.78, 5) is 5.05. The van der Waals surface area contributed by atoms with Crippen LogP contribution in [-0.4, -0.2) is 49.1 Å². The van der Waals surface area contributed by atoms with E-state index in [1.807, 2.05) is 0 Å². The summed E-state index contributed by atoms with van der Waals surface area (Å²) in [5.74, 6) is 0. The Morgan fingerprint density at radius 2 is 1.92 bits per heavy atom. The number of likely N-dealkylation sites (tertiary alicyclic amines) is 1. The maximum absolute atomic E-state index is 2.58. The van der Waals surface area contributed by atoms with Crippen LogP contribution in [0.1, 0.15) is 33.1 Å². The Labute approximate surface area is 82.9 Å². The van der Waals surface area contributed by atoms with Crippen molar-refractivity contribution in [3.05, 3.63) is 0 Å². The Balaban J connectivity index is 2.10. The van der Waals surface area contributed by atoms with Crippen LogP contribution < -0.4 is 0 Å². The van der Waals surface area contributed by atoms with E-state index in [-0.39, 0.29) is 0 Å². The van der Waals surface area contributed by atoms with E-state index < -0.39 is 0 Å². The fraction of sp³-hybridized carbons (Fsp3) is 1.00. The van der Waals surface area contributed by atoms with Gasteiger partial charge < -0.3 is 9.80 Å². The SMILES string of the molecule is CCC(C)N(C)CCN1CCCC1. The lowest BCUT2D eigenvalue weighted by Gasteiger charge is -2.26. The van der Waals surface area contributed by atoms with Crippen molar-refractivity contribution in [2.75, 3.05) is 33.2 Å². The maximum atomic E-state index is 2.58. The third kappa shape index (κ3) is 3.65. The van der Waals surface area contributed by atoms with Crippen molar-refractivity contribution >= 4 is 0 Å². The van der Waals surface area contributed by atoms with Crippen LogP contribution >= 0.6 is 0 Å². The predicted molar refractivity (Wildman–Crippen MR) is 58.1 cm³/mol. The molecule has 0 saturated carbocycles. The zero-order valence-electron chi connectivity index (χ0n) is 9.42. The van der Waals surface area contributed by atoms with Crippen LogP contribution in [0.2, 0.25) is 0 Å². The summed E-state index contributed by atoms with van der Waals surface area (Å²) >= 11 is 0. The van der Waals surface area contributed by atoms with Crippen LogP contribution in [0.4, 0.5) is 0 Å². The summed E-state index contributed by atoms with van der Waals surface area (Å²) in [6.45, 7) is 9.72. The first-order valence-corrected chi connectivity index (χ1v) is 5.66. The average Bonchev–Trinajstić information content (AvgIpc) is 2.65. The molecule has 0 aliphatic carbocycles. The molecule has 2 nitrogen and oxygen atoms in total. The molecule has 0 spiro atoms. The topological polar surface area (TPSA) is 6.48 Å². The second-order valence-corrected chi connectivity index (χ2v) is 4.29. The highest BCUT2D eigenvalue weighted by Crippen LogP contribution is 2.07. The molecule has 1 aliphatic rings. The van der Waals surface area contributed by atoms with Gasteiger partial charge in [0.25, 0.3) is 0 Å². The van der Waals surface area contributed by atoms with Gasteiger partial charge in [0, 0.05) is 19.1 Å². The fourth-order valence-corrected chi connectivity index (χ4v) is 1.84. The zero-order chi connectivity index (χ0) is 9.68. The second kappa shape index (κ2) is 5.61. The van der Waals surface area contributed by atoms with Gasteiger partial charge in [-0.15, -0.1) is 0 Å². The van der Waals surface area contributed by atoms with E-state index in [1.54, 1.807) is 0 Å². The lowest BCUT2D eigenvalue weighted by molar-refractivity contribution is 0.211. The first-order valence-electron chi connectivity index (χ1n) is 5.66. The van der Waals surface area contributed by atoms with Gasteiger partial charge in [0.15, 0.2) is 0 Å². The van der Waals surface area contributed by atoms with Crippen molar-refractivity contribution in [3.8, 4) is 0 Å². The second-order valence-electron chi connectivity index (χ2n) is 4.29. The Bertz CT molecular complexity index is 130. The van der Waals surface area contributed by atoms with Crippen molar-refractivity contribution < 1.29 is 0 Å². The highest BCUT2D eigenvalue weighted by Gasteiger charge is 2.13. The molecule has 2 heteroatoms. The van der Waals surface area contributed by atoms with E-state index in [0.29, 0.717) is 0 Å². The van der Waals surface area contributed by atoms with Crippen molar-refractivity contribution in [2.45, 2.75) is 39.2 Å². The van der Waals surface area contributed by atoms with Gasteiger partial charge >= 0.3 is 0 Å². The smallest absolute Gasteiger partial charge is 0.0109 e. The van der Waals surface area contributed by atoms with Crippen molar-refractivity contribution in [1.82, 2.24) is 9.80 Å². The van der Waals surface area contributed by atoms with E-state index in [0.717, 1.165) is 6.04 Å². The molecule has 1 saturated heterocycles. The van der Waals surface area contributed by atoms with Crippen LogP contribution in [0.3, 0.4) is 0 Å². The molecule has 0 aromatic rings. The molecule has 1 heterocycles. The van der Waals surface area contributed by atoms with Crippen molar-refractivity contribution in [2.24, 2.45) is 0 Å². The number of nitrogens with zero attached hydrogens (tertiary/aromatic N) is 2. The van der Waals surface area contributed by atoms with Gasteiger partial charge in [-0.2, -0.15) is 0 Å². The molecule has 0 aromatic carbocycles. The van der Waals surface area contributed by atoms with E-state index in [4.69, 9.17) is 0 Å². The standard InChI is InChI=1S/C11H24N2/c1-4-11(2)12(3)9-10-13-7-5-6-8-13/h11H,4-10H2,1-3H3. The first kappa shape index (κ1) is 11.0. The summed E-state index contributed by atoms with van der Waals surface area (Å²) in [5.41, 5.74) is 0. The predicted octanol–water partition coefficient (Wildman–Crippen LogP) is 1.81. The Hall–Kier alpha value is -0.0800. The van der Waals surface area contributed by atoms with Gasteiger partial charge in [0.05, 0.1) is 0 Å². The largest absolute Gasteiger partial charge is 0.302 e. The summed E-state index contributed by atoms with van der Waals surface area (Å²) in [5, 5.41) is 0. The van der Waals surface area contributed by atoms with E-state index in [9.17, 15) is 0 Å². The molecule has 1 atom stereocenters. The third-order valence-corrected chi connectivity index (χ3v) is 3.31. The molecule has 0 aromatic heterocycles. The Morgan fingerprint density at radius 3 is 2.46 bits per heavy atom. The Morgan fingerprint density at radius 1 is 1.31 bits per heavy atom. The van der Waals surface area contributed by atoms with Crippen LogP contribution in [-0.2, 0) is 0 Å². The highest BCUT2D eigenvalue weighted by molar-refractivity contribution is 4.69. The average molecular weight is 184 g/mol. The molecule has 0 amide bonds. The van der Waals surface area contributed by atoms with Gasteiger partial charge in [-0.3, -0.25) is 0 Å². The zero-order valence-corrected chi connectivity index (χ0v) is 9.42. The molecule has 0 radical (unpaired) electrons. The van der Waals surface area contributed by atoms with Gasteiger partial charge in [-0.05, 0) is 46.3 Å². The Kier molecular flexibility index (Phi) is 4.74. The minimum Gasteiger partial charge on any atom is -0.302 e. The molecule has 78 valence electrons. The van der Waals surface area contributed by atoms with Crippen LogP contribution in [0.5, 0.6) is 0 Å². The molecule has 1 unspecified atom stereocenters. The quantitative estimate of drug-likeness (QED) is 0.643. The summed E-state index contributed by atoms with van der Waals surface area (Å²) in [6.07, 6.45) is 4.08. The van der Waals surface area contributed by atoms with Crippen LogP contribution in [0.15, 0.2) is 0 Å². The molecule has 1 aliphatic heterocycles.